The van der Waals surface area contributed by atoms with Crippen molar-refractivity contribution in [1.29, 1.82) is 0 Å². The zero-order valence-corrected chi connectivity index (χ0v) is 24.5. The summed E-state index contributed by atoms with van der Waals surface area (Å²) in [4.78, 5) is 31.0. The number of hydrogen-bond donors (Lipinski definition) is 0. The normalized spacial score (nSPS) is 16.4. The van der Waals surface area contributed by atoms with Crippen LogP contribution in [0.2, 0.25) is 0 Å². The molecule has 0 bridgehead atoms. The Kier molecular flexibility index (Phi) is 7.82. The van der Waals surface area contributed by atoms with Gasteiger partial charge >= 0.3 is 12.1 Å². The zero-order chi connectivity index (χ0) is 29.9. The van der Waals surface area contributed by atoms with Crippen LogP contribution in [0.1, 0.15) is 28.2 Å². The van der Waals surface area contributed by atoms with Crippen LogP contribution in [0.15, 0.2) is 121 Å². The molecule has 1 heterocycles. The Morgan fingerprint density at radius 1 is 0.659 bits per heavy atom. The van der Waals surface area contributed by atoms with Gasteiger partial charge in [-0.25, -0.2) is 9.59 Å². The van der Waals surface area contributed by atoms with E-state index in [0.717, 1.165) is 22.3 Å². The van der Waals surface area contributed by atoms with Gasteiger partial charge in [-0.1, -0.05) is 115 Å². The highest BCUT2D eigenvalue weighted by molar-refractivity contribution is 5.84. The number of esters is 1. The number of hydrogen-bond acceptors (Lipinski definition) is 5. The zero-order valence-electron chi connectivity index (χ0n) is 24.5. The number of amides is 1. The maximum Gasteiger partial charge on any atom is 0.410 e. The van der Waals surface area contributed by atoms with Crippen molar-refractivity contribution in [1.82, 2.24) is 9.80 Å². The van der Waals surface area contributed by atoms with Gasteiger partial charge in [0.2, 0.25) is 0 Å². The van der Waals surface area contributed by atoms with Crippen molar-refractivity contribution in [2.45, 2.75) is 25.1 Å². The summed E-state index contributed by atoms with van der Waals surface area (Å²) in [5.41, 5.74) is 6.72. The number of nitrogens with zero attached hydrogens (tertiary/aromatic N) is 2. The van der Waals surface area contributed by atoms with Crippen LogP contribution in [0, 0.1) is 0 Å². The van der Waals surface area contributed by atoms with Crippen molar-refractivity contribution in [2.24, 2.45) is 0 Å². The minimum atomic E-state index is -0.774. The first-order chi connectivity index (χ1) is 21.6. The van der Waals surface area contributed by atoms with Crippen LogP contribution < -0.4 is 0 Å². The van der Waals surface area contributed by atoms with E-state index >= 15 is 0 Å². The van der Waals surface area contributed by atoms with E-state index in [-0.39, 0.29) is 19.1 Å². The summed E-state index contributed by atoms with van der Waals surface area (Å²) in [6, 6.07) is 40.1. The van der Waals surface area contributed by atoms with Gasteiger partial charge in [0.15, 0.2) is 0 Å². The Bertz CT molecular complexity index is 1760. The van der Waals surface area contributed by atoms with Crippen LogP contribution in [0.4, 0.5) is 4.79 Å². The molecule has 1 fully saturated rings. The monoisotopic (exact) mass is 582 g/mol. The first kappa shape index (κ1) is 27.9. The van der Waals surface area contributed by atoms with Gasteiger partial charge in [-0.15, -0.1) is 0 Å². The van der Waals surface area contributed by atoms with Gasteiger partial charge in [0.05, 0.1) is 0 Å². The second kappa shape index (κ2) is 12.3. The van der Waals surface area contributed by atoms with Gasteiger partial charge in [0, 0.05) is 32.1 Å². The lowest BCUT2D eigenvalue weighted by atomic mass is 9.98. The predicted molar refractivity (Wildman–Crippen MR) is 171 cm³/mol. The van der Waals surface area contributed by atoms with E-state index < -0.39 is 18.1 Å². The van der Waals surface area contributed by atoms with E-state index in [0.29, 0.717) is 26.2 Å². The second-order valence-electron chi connectivity index (χ2n) is 11.5. The first-order valence-electron chi connectivity index (χ1n) is 15.2. The van der Waals surface area contributed by atoms with E-state index in [9.17, 15) is 9.59 Å². The van der Waals surface area contributed by atoms with Crippen LogP contribution in [0.25, 0.3) is 21.9 Å². The predicted octanol–water partition coefficient (Wildman–Crippen LogP) is 7.02. The molecule has 0 N–H and O–H groups in total. The SMILES string of the molecule is O=C(OCc1ccccc1)C1CN(Cc2ccc3ccccc3c2)CCN1C(=O)OCC1c2ccccc2-c2ccccc21. The van der Waals surface area contributed by atoms with Crippen LogP contribution in [0.5, 0.6) is 0 Å². The average molecular weight is 583 g/mol. The van der Waals surface area contributed by atoms with E-state index in [4.69, 9.17) is 9.47 Å². The molecule has 44 heavy (non-hydrogen) atoms. The quantitative estimate of drug-likeness (QED) is 0.193. The largest absolute Gasteiger partial charge is 0.459 e. The molecule has 6 nitrogen and oxygen atoms in total. The Hall–Kier alpha value is -4.94. The minimum Gasteiger partial charge on any atom is -0.459 e. The number of benzene rings is 5. The fraction of sp³-hybridized carbons (Fsp3) is 0.211. The third kappa shape index (κ3) is 5.69. The second-order valence-corrected chi connectivity index (χ2v) is 11.5. The van der Waals surface area contributed by atoms with Crippen molar-refractivity contribution in [3.63, 3.8) is 0 Å². The van der Waals surface area contributed by atoms with Crippen LogP contribution >= 0.6 is 0 Å². The summed E-state index contributed by atoms with van der Waals surface area (Å²) >= 11 is 0. The Morgan fingerprint density at radius 2 is 1.32 bits per heavy atom. The van der Waals surface area contributed by atoms with Gasteiger partial charge in [0.1, 0.15) is 19.3 Å². The maximum atomic E-state index is 13.7. The number of rotatable bonds is 7. The van der Waals surface area contributed by atoms with Gasteiger partial charge in [-0.3, -0.25) is 9.80 Å². The van der Waals surface area contributed by atoms with Gasteiger partial charge in [0.25, 0.3) is 0 Å². The summed E-state index contributed by atoms with van der Waals surface area (Å²) in [6.07, 6.45) is -0.487. The lowest BCUT2D eigenvalue weighted by Gasteiger charge is -2.39. The molecular weight excluding hydrogens is 548 g/mol. The number of fused-ring (bicyclic) bond motifs is 4. The van der Waals surface area contributed by atoms with Crippen molar-refractivity contribution in [3.05, 3.63) is 144 Å². The highest BCUT2D eigenvalue weighted by Crippen LogP contribution is 2.44. The molecule has 7 rings (SSSR count). The summed E-state index contributed by atoms with van der Waals surface area (Å²) in [6.45, 7) is 2.39. The fourth-order valence-corrected chi connectivity index (χ4v) is 6.50. The fourth-order valence-electron chi connectivity index (χ4n) is 6.50. The molecule has 6 heteroatoms. The van der Waals surface area contributed by atoms with Crippen molar-refractivity contribution in [2.75, 3.05) is 26.2 Å². The molecule has 0 spiro atoms. The summed E-state index contributed by atoms with van der Waals surface area (Å²) in [7, 11) is 0. The third-order valence-electron chi connectivity index (χ3n) is 8.75. The number of carbonyl (C=O) groups excluding carboxylic acids is 2. The molecule has 1 unspecified atom stereocenters. The molecule has 2 aliphatic rings. The van der Waals surface area contributed by atoms with E-state index in [1.54, 1.807) is 4.90 Å². The van der Waals surface area contributed by atoms with Gasteiger partial charge in [-0.05, 0) is 50.2 Å². The molecule has 0 saturated carbocycles. The highest BCUT2D eigenvalue weighted by Gasteiger charge is 2.38. The molecule has 0 radical (unpaired) electrons. The molecular formula is C38H34N2O4. The number of ether oxygens (including phenoxy) is 2. The lowest BCUT2D eigenvalue weighted by molar-refractivity contribution is -0.153. The van der Waals surface area contributed by atoms with E-state index in [1.807, 2.05) is 66.7 Å². The molecule has 0 aromatic heterocycles. The maximum absolute atomic E-state index is 13.7. The average Bonchev–Trinajstić information content (AvgIpc) is 3.40. The van der Waals surface area contributed by atoms with Crippen LogP contribution in [-0.2, 0) is 27.4 Å². The summed E-state index contributed by atoms with van der Waals surface area (Å²) in [5, 5.41) is 2.37. The lowest BCUT2D eigenvalue weighted by Crippen LogP contribution is -2.58. The standard InChI is InChI=1S/C38H34N2O4/c41-37(43-25-27-10-2-1-3-11-27)36-24-39(23-28-18-19-29-12-4-5-13-30(29)22-28)20-21-40(36)38(42)44-26-35-33-16-8-6-14-31(33)32-15-7-9-17-34(32)35/h1-19,22,35-36H,20-21,23-26H2. The van der Waals surface area contributed by atoms with Crippen molar-refractivity contribution >= 4 is 22.8 Å². The Morgan fingerprint density at radius 3 is 2.07 bits per heavy atom. The van der Waals surface area contributed by atoms with Crippen LogP contribution in [-0.4, -0.2) is 54.1 Å². The number of carbonyl (C=O) groups is 2. The highest BCUT2D eigenvalue weighted by atomic mass is 16.6. The van der Waals surface area contributed by atoms with E-state index in [1.165, 1.54) is 21.9 Å². The minimum absolute atomic E-state index is 0.0518. The van der Waals surface area contributed by atoms with Crippen molar-refractivity contribution in [3.8, 4) is 11.1 Å². The molecule has 5 aromatic carbocycles. The molecule has 1 aliphatic heterocycles. The van der Waals surface area contributed by atoms with Crippen LogP contribution in [0.3, 0.4) is 0 Å². The molecule has 220 valence electrons. The molecule has 5 aromatic rings. The van der Waals surface area contributed by atoms with E-state index in [2.05, 4.69) is 59.5 Å². The molecule has 1 atom stereocenters. The Labute approximate surface area is 257 Å². The third-order valence-corrected chi connectivity index (χ3v) is 8.75. The summed E-state index contributed by atoms with van der Waals surface area (Å²) in [5.74, 6) is -0.477. The van der Waals surface area contributed by atoms with Crippen molar-refractivity contribution < 1.29 is 19.1 Å². The number of piperazine rings is 1. The molecule has 1 amide bonds. The topological polar surface area (TPSA) is 59.1 Å². The smallest absolute Gasteiger partial charge is 0.410 e. The first-order valence-corrected chi connectivity index (χ1v) is 15.2. The molecule has 1 aliphatic carbocycles. The van der Waals surface area contributed by atoms with Gasteiger partial charge < -0.3 is 9.47 Å². The summed E-state index contributed by atoms with van der Waals surface area (Å²) < 4.78 is 11.7. The molecule has 1 saturated heterocycles. The van der Waals surface area contributed by atoms with Gasteiger partial charge in [-0.2, -0.15) is 0 Å². The Balaban J connectivity index is 1.07.